The second-order valence-corrected chi connectivity index (χ2v) is 10.2. The van der Waals surface area contributed by atoms with E-state index in [2.05, 4.69) is 20.3 Å². The Morgan fingerprint density at radius 3 is 2.62 bits per heavy atom. The van der Waals surface area contributed by atoms with Crippen molar-refractivity contribution in [3.05, 3.63) is 83.0 Å². The molecule has 5 rings (SSSR count). The van der Waals surface area contributed by atoms with Gasteiger partial charge in [-0.05, 0) is 48.5 Å². The van der Waals surface area contributed by atoms with Crippen LogP contribution in [0.25, 0.3) is 21.5 Å². The van der Waals surface area contributed by atoms with Crippen molar-refractivity contribution in [2.75, 3.05) is 24.4 Å². The molecule has 3 N–H and O–H groups in total. The fourth-order valence-corrected chi connectivity index (χ4v) is 5.11. The van der Waals surface area contributed by atoms with Gasteiger partial charge in [0.15, 0.2) is 0 Å². The van der Waals surface area contributed by atoms with Gasteiger partial charge in [0.1, 0.15) is 0 Å². The number of nitriles is 1. The Morgan fingerprint density at radius 1 is 1.12 bits per heavy atom. The van der Waals surface area contributed by atoms with Crippen molar-refractivity contribution in [2.45, 2.75) is 13.0 Å². The van der Waals surface area contributed by atoms with Crippen molar-refractivity contribution in [3.63, 3.8) is 0 Å². The summed E-state index contributed by atoms with van der Waals surface area (Å²) in [4.78, 5) is 53.4. The average molecular weight is 581 g/mol. The molecule has 0 aliphatic carbocycles. The number of hydrogen-bond acceptors (Lipinski definition) is 9. The van der Waals surface area contributed by atoms with E-state index in [1.165, 1.54) is 29.4 Å². The number of aromatic nitrogens is 4. The number of nitrogens with one attached hydrogen (secondary N) is 1. The molecule has 0 bridgehead atoms. The van der Waals surface area contributed by atoms with E-state index in [-0.39, 0.29) is 36.7 Å². The largest absolute Gasteiger partial charge is 0.467 e. The zero-order valence-electron chi connectivity index (χ0n) is 22.6. The molecule has 13 heteroatoms. The number of primary amides is 1. The van der Waals surface area contributed by atoms with Gasteiger partial charge in [0.05, 0.1) is 34.7 Å². The molecule has 3 aromatic heterocycles. The minimum absolute atomic E-state index is 0.0321. The molecule has 0 saturated carbocycles. The second-order valence-electron chi connectivity index (χ2n) is 9.11. The lowest BCUT2D eigenvalue weighted by molar-refractivity contribution is -0.118. The van der Waals surface area contributed by atoms with Gasteiger partial charge < -0.3 is 19.9 Å². The van der Waals surface area contributed by atoms with Crippen LogP contribution in [0.3, 0.4) is 0 Å². The van der Waals surface area contributed by atoms with Crippen LogP contribution >= 0.6 is 11.3 Å². The van der Waals surface area contributed by atoms with E-state index < -0.39 is 5.91 Å². The average Bonchev–Trinajstić information content (AvgIpc) is 3.64. The van der Waals surface area contributed by atoms with Gasteiger partial charge in [0.2, 0.25) is 11.9 Å². The molecule has 0 spiro atoms. The van der Waals surface area contributed by atoms with Gasteiger partial charge in [0.25, 0.3) is 11.8 Å². The number of thiophene rings is 1. The lowest BCUT2D eigenvalue weighted by atomic mass is 10.1. The number of aryl methyl sites for hydroxylation is 1. The number of ether oxygens (including phenoxy) is 1. The zero-order valence-corrected chi connectivity index (χ0v) is 23.4. The second kappa shape index (κ2) is 11.9. The highest BCUT2D eigenvalue weighted by atomic mass is 32.1. The summed E-state index contributed by atoms with van der Waals surface area (Å²) < 4.78 is 6.70. The number of carbonyl (C=O) groups is 3. The molecule has 5 aromatic rings. The van der Waals surface area contributed by atoms with Crippen LogP contribution in [0.15, 0.2) is 67.0 Å². The van der Waals surface area contributed by atoms with Crippen molar-refractivity contribution in [1.29, 1.82) is 5.26 Å². The fourth-order valence-electron chi connectivity index (χ4n) is 4.23. The van der Waals surface area contributed by atoms with Gasteiger partial charge in [-0.15, -0.1) is 11.3 Å². The number of benzene rings is 2. The van der Waals surface area contributed by atoms with Gasteiger partial charge >= 0.3 is 6.01 Å². The van der Waals surface area contributed by atoms with E-state index in [1.807, 2.05) is 6.07 Å². The monoisotopic (exact) mass is 580 g/mol. The predicted octanol–water partition coefficient (Wildman–Crippen LogP) is 3.84. The van der Waals surface area contributed by atoms with Gasteiger partial charge in [-0.1, -0.05) is 6.07 Å². The standard InChI is InChI=1S/C29H24N8O4S/c1-36(27(40)18-5-3-4-17(12-18)14-30)20-6-7-22-21(13-20)34-28(37(22)11-10-25(31)38)35-26(39)24-9-8-23(42-24)19-15-32-29(41-2)33-16-19/h3-9,12-13,15-16H,10-11H2,1-2H3,(H2,31,38)(H,34,35,39). The number of carbonyl (C=O) groups excluding carboxylic acids is 3. The van der Waals surface area contributed by atoms with Crippen LogP contribution in [-0.2, 0) is 11.3 Å². The fraction of sp³-hybridized carbons (Fsp3) is 0.138. The van der Waals surface area contributed by atoms with Crippen molar-refractivity contribution >= 4 is 51.7 Å². The van der Waals surface area contributed by atoms with Gasteiger partial charge in [-0.2, -0.15) is 5.26 Å². The third-order valence-electron chi connectivity index (χ3n) is 6.39. The summed E-state index contributed by atoms with van der Waals surface area (Å²) in [7, 11) is 3.10. The quantitative estimate of drug-likeness (QED) is 0.265. The first kappa shape index (κ1) is 27.9. The summed E-state index contributed by atoms with van der Waals surface area (Å²) in [5, 5.41) is 12.0. The highest BCUT2D eigenvalue weighted by molar-refractivity contribution is 7.17. The van der Waals surface area contributed by atoms with Gasteiger partial charge in [-0.25, -0.2) is 15.0 Å². The number of fused-ring (bicyclic) bond motifs is 1. The van der Waals surface area contributed by atoms with Crippen LogP contribution in [0.5, 0.6) is 6.01 Å². The lowest BCUT2D eigenvalue weighted by Crippen LogP contribution is -2.26. The predicted molar refractivity (Wildman–Crippen MR) is 157 cm³/mol. The molecule has 12 nitrogen and oxygen atoms in total. The van der Waals surface area contributed by atoms with Crippen LogP contribution in [-0.4, -0.2) is 51.4 Å². The minimum atomic E-state index is -0.500. The first-order chi connectivity index (χ1) is 20.3. The van der Waals surface area contributed by atoms with Crippen LogP contribution in [0.4, 0.5) is 11.6 Å². The number of amides is 3. The number of rotatable bonds is 9. The molecule has 2 aromatic carbocycles. The Kier molecular flexibility index (Phi) is 7.89. The Hall–Kier alpha value is -5.61. The maximum absolute atomic E-state index is 13.2. The van der Waals surface area contributed by atoms with Crippen LogP contribution in [0.2, 0.25) is 0 Å². The number of hydrogen-bond donors (Lipinski definition) is 2. The van der Waals surface area contributed by atoms with E-state index in [1.54, 1.807) is 72.5 Å². The highest BCUT2D eigenvalue weighted by Crippen LogP contribution is 2.30. The molecular formula is C29H24N8O4S. The van der Waals surface area contributed by atoms with Gasteiger partial charge in [0, 0.05) is 54.1 Å². The lowest BCUT2D eigenvalue weighted by Gasteiger charge is -2.17. The van der Waals surface area contributed by atoms with E-state index in [9.17, 15) is 19.6 Å². The summed E-state index contributed by atoms with van der Waals surface area (Å²) in [6.45, 7) is 0.190. The van der Waals surface area contributed by atoms with Crippen molar-refractivity contribution in [2.24, 2.45) is 5.73 Å². The molecule has 3 heterocycles. The smallest absolute Gasteiger partial charge is 0.316 e. The van der Waals surface area contributed by atoms with Crippen molar-refractivity contribution in [3.8, 4) is 22.5 Å². The first-order valence-corrected chi connectivity index (χ1v) is 13.4. The van der Waals surface area contributed by atoms with E-state index >= 15 is 0 Å². The minimum Gasteiger partial charge on any atom is -0.467 e. The number of anilines is 2. The Bertz CT molecular complexity index is 1860. The molecule has 0 radical (unpaired) electrons. The Morgan fingerprint density at radius 2 is 1.90 bits per heavy atom. The molecular weight excluding hydrogens is 556 g/mol. The van der Waals surface area contributed by atoms with E-state index in [4.69, 9.17) is 10.5 Å². The summed E-state index contributed by atoms with van der Waals surface area (Å²) in [6.07, 6.45) is 3.26. The van der Waals surface area contributed by atoms with E-state index in [0.29, 0.717) is 32.7 Å². The number of nitrogens with zero attached hydrogens (tertiary/aromatic N) is 6. The SMILES string of the molecule is COc1ncc(-c2ccc(C(=O)Nc3nc4cc(N(C)C(=O)c5cccc(C#N)c5)ccc4n3CCC(N)=O)s2)cn1. The Balaban J connectivity index is 1.42. The molecule has 0 aliphatic rings. The molecule has 0 unspecified atom stereocenters. The van der Waals surface area contributed by atoms with Crippen molar-refractivity contribution in [1.82, 2.24) is 19.5 Å². The number of nitrogens with two attached hydrogens (primary N) is 1. The van der Waals surface area contributed by atoms with Crippen molar-refractivity contribution < 1.29 is 19.1 Å². The van der Waals surface area contributed by atoms with Crippen LogP contribution in [0, 0.1) is 11.3 Å². The molecule has 0 fully saturated rings. The first-order valence-electron chi connectivity index (χ1n) is 12.6. The maximum atomic E-state index is 13.2. The molecule has 0 saturated heterocycles. The highest BCUT2D eigenvalue weighted by Gasteiger charge is 2.20. The summed E-state index contributed by atoms with van der Waals surface area (Å²) in [5.74, 6) is -0.961. The number of methoxy groups -OCH3 is 1. The molecule has 210 valence electrons. The molecule has 42 heavy (non-hydrogen) atoms. The molecule has 0 atom stereocenters. The summed E-state index contributed by atoms with van der Waals surface area (Å²) >= 11 is 1.26. The topological polar surface area (TPSA) is 169 Å². The van der Waals surface area contributed by atoms with Gasteiger partial charge in [-0.3, -0.25) is 19.7 Å². The van der Waals surface area contributed by atoms with Crippen LogP contribution in [0.1, 0.15) is 32.0 Å². The maximum Gasteiger partial charge on any atom is 0.316 e. The molecule has 3 amide bonds. The Labute approximate surface area is 244 Å². The summed E-state index contributed by atoms with van der Waals surface area (Å²) in [6, 6.07) is 17.4. The van der Waals surface area contributed by atoms with E-state index in [0.717, 1.165) is 10.4 Å². The third-order valence-corrected chi connectivity index (χ3v) is 7.53. The number of imidazole rings is 1. The third kappa shape index (κ3) is 5.79. The normalized spacial score (nSPS) is 10.7. The zero-order chi connectivity index (χ0) is 29.8. The van der Waals surface area contributed by atoms with Crippen LogP contribution < -0.4 is 20.7 Å². The molecule has 0 aliphatic heterocycles. The summed E-state index contributed by atoms with van der Waals surface area (Å²) in [5.41, 5.74) is 8.59.